The van der Waals surface area contributed by atoms with Gasteiger partial charge < -0.3 is 20.4 Å². The van der Waals surface area contributed by atoms with Crippen LogP contribution in [-0.4, -0.2) is 50.9 Å². The normalized spacial score (nSPS) is 14.4. The topological polar surface area (TPSA) is 101 Å². The number of phenolic OH excluding ortho intramolecular Hbond substituents is 2. The molecule has 100 valence electrons. The van der Waals surface area contributed by atoms with E-state index in [1.165, 1.54) is 17.0 Å². The molecular formula is C12H17NO5. The highest BCUT2D eigenvalue weighted by atomic mass is 16.4. The van der Waals surface area contributed by atoms with E-state index in [0.717, 1.165) is 6.07 Å². The third kappa shape index (κ3) is 2.91. The molecule has 0 aliphatic rings. The van der Waals surface area contributed by atoms with Gasteiger partial charge in [-0.1, -0.05) is 13.0 Å². The predicted molar refractivity (Wildman–Crippen MR) is 64.5 cm³/mol. The summed E-state index contributed by atoms with van der Waals surface area (Å²) < 4.78 is 0. The Labute approximate surface area is 105 Å². The van der Waals surface area contributed by atoms with Crippen molar-refractivity contribution in [3.8, 4) is 11.5 Å². The summed E-state index contributed by atoms with van der Waals surface area (Å²) in [6, 6.07) is 2.62. The summed E-state index contributed by atoms with van der Waals surface area (Å²) in [4.78, 5) is 12.6. The summed E-state index contributed by atoms with van der Waals surface area (Å²) in [5.41, 5.74) is 0.234. The monoisotopic (exact) mass is 255 g/mol. The van der Waals surface area contributed by atoms with E-state index in [1.807, 2.05) is 0 Å². The van der Waals surface area contributed by atoms with Crippen molar-refractivity contribution in [1.82, 2.24) is 4.90 Å². The van der Waals surface area contributed by atoms with E-state index in [-0.39, 0.29) is 11.3 Å². The van der Waals surface area contributed by atoms with Gasteiger partial charge in [-0.15, -0.1) is 0 Å². The Balaban J connectivity index is 3.05. The molecule has 18 heavy (non-hydrogen) atoms. The fourth-order valence-corrected chi connectivity index (χ4v) is 1.67. The molecule has 0 aromatic heterocycles. The van der Waals surface area contributed by atoms with Crippen molar-refractivity contribution < 1.29 is 25.2 Å². The number of hydrogen-bond acceptors (Lipinski definition) is 5. The molecule has 0 saturated heterocycles. The number of aliphatic hydroxyl groups is 1. The highest BCUT2D eigenvalue weighted by molar-refractivity contribution is 5.74. The Morgan fingerprint density at radius 2 is 1.94 bits per heavy atom. The van der Waals surface area contributed by atoms with E-state index in [1.54, 1.807) is 14.0 Å². The van der Waals surface area contributed by atoms with Gasteiger partial charge in [0.15, 0.2) is 11.5 Å². The quantitative estimate of drug-likeness (QED) is 0.573. The van der Waals surface area contributed by atoms with Crippen LogP contribution in [0.5, 0.6) is 11.5 Å². The molecule has 1 aromatic rings. The molecule has 0 aliphatic carbocycles. The Kier molecular flexibility index (Phi) is 4.52. The van der Waals surface area contributed by atoms with Crippen molar-refractivity contribution in [3.63, 3.8) is 0 Å². The van der Waals surface area contributed by atoms with E-state index in [2.05, 4.69) is 0 Å². The molecule has 6 heteroatoms. The average Bonchev–Trinajstić information content (AvgIpc) is 2.32. The molecule has 6 nitrogen and oxygen atoms in total. The Bertz CT molecular complexity index is 434. The van der Waals surface area contributed by atoms with Gasteiger partial charge in [0.1, 0.15) is 12.1 Å². The van der Waals surface area contributed by atoms with Crippen molar-refractivity contribution >= 4 is 5.97 Å². The number of carbonyl (C=O) groups is 1. The fourth-order valence-electron chi connectivity index (χ4n) is 1.67. The summed E-state index contributed by atoms with van der Waals surface area (Å²) in [5.74, 6) is -1.86. The average molecular weight is 255 g/mol. The Hall–Kier alpha value is -1.79. The van der Waals surface area contributed by atoms with Crippen molar-refractivity contribution in [2.45, 2.75) is 19.1 Å². The lowest BCUT2D eigenvalue weighted by Crippen LogP contribution is -2.42. The number of likely N-dealkylation sites (N-methyl/N-ethyl adjacent to an activating group) is 1. The predicted octanol–water partition coefficient (Wildman–Crippen LogP) is 0.536. The minimum Gasteiger partial charge on any atom is -0.504 e. The third-order valence-electron chi connectivity index (χ3n) is 2.87. The standard InChI is InChI=1S/C12H17NO5/c1-3-13(2)10(12(17)18)11(16)7-4-5-8(14)9(15)6-7/h4-6,10-11,14-16H,3H2,1-2H3,(H,17,18)/t10-,11?/m0/s1. The van der Waals surface area contributed by atoms with Crippen LogP contribution in [0.25, 0.3) is 0 Å². The number of hydrogen-bond donors (Lipinski definition) is 4. The number of nitrogens with zero attached hydrogens (tertiary/aromatic N) is 1. The van der Waals surface area contributed by atoms with Crippen LogP contribution >= 0.6 is 0 Å². The number of benzene rings is 1. The lowest BCUT2D eigenvalue weighted by molar-refractivity contribution is -0.147. The van der Waals surface area contributed by atoms with E-state index in [4.69, 9.17) is 5.11 Å². The van der Waals surface area contributed by atoms with Crippen LogP contribution in [0.3, 0.4) is 0 Å². The first-order valence-electron chi connectivity index (χ1n) is 5.51. The zero-order valence-corrected chi connectivity index (χ0v) is 10.2. The second kappa shape index (κ2) is 5.70. The first-order valence-corrected chi connectivity index (χ1v) is 5.51. The molecule has 2 atom stereocenters. The Morgan fingerprint density at radius 1 is 1.33 bits per heavy atom. The fraction of sp³-hybridized carbons (Fsp3) is 0.417. The van der Waals surface area contributed by atoms with Gasteiger partial charge in [-0.3, -0.25) is 9.69 Å². The van der Waals surface area contributed by atoms with Gasteiger partial charge in [-0.05, 0) is 31.3 Å². The maximum atomic E-state index is 11.2. The zero-order chi connectivity index (χ0) is 13.9. The molecule has 1 unspecified atom stereocenters. The van der Waals surface area contributed by atoms with E-state index in [0.29, 0.717) is 6.54 Å². The molecule has 0 heterocycles. The van der Waals surface area contributed by atoms with Crippen LogP contribution < -0.4 is 0 Å². The van der Waals surface area contributed by atoms with E-state index >= 15 is 0 Å². The first-order chi connectivity index (χ1) is 8.38. The number of aliphatic carboxylic acids is 1. The molecule has 1 rings (SSSR count). The van der Waals surface area contributed by atoms with Gasteiger partial charge in [0.05, 0.1) is 0 Å². The van der Waals surface area contributed by atoms with Gasteiger partial charge in [0.25, 0.3) is 0 Å². The minimum atomic E-state index is -1.29. The summed E-state index contributed by atoms with van der Waals surface area (Å²) in [7, 11) is 1.59. The molecule has 0 bridgehead atoms. The molecule has 0 amide bonds. The second-order valence-corrected chi connectivity index (χ2v) is 4.05. The molecule has 0 saturated carbocycles. The van der Waals surface area contributed by atoms with Crippen molar-refractivity contribution in [1.29, 1.82) is 0 Å². The SMILES string of the molecule is CCN(C)[C@H](C(=O)O)C(O)c1ccc(O)c(O)c1. The summed E-state index contributed by atoms with van der Waals surface area (Å²) in [6.45, 7) is 2.23. The van der Waals surface area contributed by atoms with Gasteiger partial charge in [-0.2, -0.15) is 0 Å². The van der Waals surface area contributed by atoms with Gasteiger partial charge in [-0.25, -0.2) is 0 Å². The molecule has 1 aromatic carbocycles. The number of rotatable bonds is 5. The number of carboxylic acid groups (broad SMARTS) is 1. The molecule has 0 fully saturated rings. The molecule has 0 spiro atoms. The highest BCUT2D eigenvalue weighted by Crippen LogP contribution is 2.30. The smallest absolute Gasteiger partial charge is 0.323 e. The molecular weight excluding hydrogens is 238 g/mol. The Morgan fingerprint density at radius 3 is 2.39 bits per heavy atom. The summed E-state index contributed by atoms with van der Waals surface area (Å²) >= 11 is 0. The van der Waals surface area contributed by atoms with E-state index in [9.17, 15) is 20.1 Å². The number of aromatic hydroxyl groups is 2. The summed E-state index contributed by atoms with van der Waals surface area (Å²) in [6.07, 6.45) is -1.29. The van der Waals surface area contributed by atoms with E-state index < -0.39 is 23.9 Å². The largest absolute Gasteiger partial charge is 0.504 e. The maximum Gasteiger partial charge on any atom is 0.323 e. The van der Waals surface area contributed by atoms with Crippen LogP contribution in [0.2, 0.25) is 0 Å². The summed E-state index contributed by atoms with van der Waals surface area (Å²) in [5, 5.41) is 37.7. The number of phenols is 2. The van der Waals surface area contributed by atoms with Crippen molar-refractivity contribution in [3.05, 3.63) is 23.8 Å². The zero-order valence-electron chi connectivity index (χ0n) is 10.2. The van der Waals surface area contributed by atoms with Crippen LogP contribution in [0.4, 0.5) is 0 Å². The third-order valence-corrected chi connectivity index (χ3v) is 2.87. The van der Waals surface area contributed by atoms with Crippen LogP contribution in [0, 0.1) is 0 Å². The van der Waals surface area contributed by atoms with Gasteiger partial charge in [0, 0.05) is 0 Å². The highest BCUT2D eigenvalue weighted by Gasteiger charge is 2.31. The van der Waals surface area contributed by atoms with Crippen LogP contribution in [-0.2, 0) is 4.79 Å². The lowest BCUT2D eigenvalue weighted by Gasteiger charge is -2.27. The number of carboxylic acids is 1. The molecule has 0 radical (unpaired) electrons. The minimum absolute atomic E-state index is 0.234. The molecule has 4 N–H and O–H groups in total. The lowest BCUT2D eigenvalue weighted by atomic mass is 10.0. The molecule has 0 aliphatic heterocycles. The van der Waals surface area contributed by atoms with Crippen molar-refractivity contribution in [2.75, 3.05) is 13.6 Å². The van der Waals surface area contributed by atoms with Gasteiger partial charge in [0.2, 0.25) is 0 Å². The van der Waals surface area contributed by atoms with Crippen molar-refractivity contribution in [2.24, 2.45) is 0 Å². The van der Waals surface area contributed by atoms with Crippen LogP contribution in [0.1, 0.15) is 18.6 Å². The second-order valence-electron chi connectivity index (χ2n) is 4.05. The maximum absolute atomic E-state index is 11.2. The van der Waals surface area contributed by atoms with Crippen LogP contribution in [0.15, 0.2) is 18.2 Å². The first kappa shape index (κ1) is 14.3. The number of aliphatic hydroxyl groups excluding tert-OH is 1. The van der Waals surface area contributed by atoms with Gasteiger partial charge >= 0.3 is 5.97 Å².